The molecule has 0 unspecified atom stereocenters. The van der Waals surface area contributed by atoms with Gasteiger partial charge in [0.2, 0.25) is 5.91 Å². The summed E-state index contributed by atoms with van der Waals surface area (Å²) in [5.41, 5.74) is 1.10. The highest BCUT2D eigenvalue weighted by molar-refractivity contribution is 8.00. The SMILES string of the molecule is CCN(CC)C(=O)c1ccc(NC(=O)CSc2ccc(C(C)=O)cc2F)cc1Cl. The normalized spacial score (nSPS) is 10.5. The van der Waals surface area contributed by atoms with Gasteiger partial charge < -0.3 is 10.2 Å². The van der Waals surface area contributed by atoms with E-state index in [0.29, 0.717) is 24.3 Å². The van der Waals surface area contributed by atoms with Crippen LogP contribution in [0.4, 0.5) is 10.1 Å². The van der Waals surface area contributed by atoms with Crippen molar-refractivity contribution in [3.63, 3.8) is 0 Å². The van der Waals surface area contributed by atoms with Crippen LogP contribution in [0.1, 0.15) is 41.5 Å². The second-order valence-corrected chi connectivity index (χ2v) is 7.63. The molecule has 0 atom stereocenters. The Hall–Kier alpha value is -2.38. The zero-order chi connectivity index (χ0) is 21.6. The molecule has 0 bridgehead atoms. The smallest absolute Gasteiger partial charge is 0.255 e. The lowest BCUT2D eigenvalue weighted by Crippen LogP contribution is -2.30. The Morgan fingerprint density at radius 1 is 1.10 bits per heavy atom. The average Bonchev–Trinajstić information content (AvgIpc) is 2.67. The van der Waals surface area contributed by atoms with Crippen LogP contribution in [0.25, 0.3) is 0 Å². The second kappa shape index (κ2) is 10.4. The molecule has 2 aromatic rings. The maximum atomic E-state index is 14.0. The number of thioether (sulfide) groups is 1. The van der Waals surface area contributed by atoms with Gasteiger partial charge in [-0.05, 0) is 51.1 Å². The molecule has 2 aromatic carbocycles. The fourth-order valence-electron chi connectivity index (χ4n) is 2.62. The summed E-state index contributed by atoms with van der Waals surface area (Å²) in [6, 6.07) is 8.86. The molecule has 154 valence electrons. The highest BCUT2D eigenvalue weighted by atomic mass is 35.5. The summed E-state index contributed by atoms with van der Waals surface area (Å²) in [5.74, 6) is -1.30. The zero-order valence-corrected chi connectivity index (χ0v) is 18.0. The lowest BCUT2D eigenvalue weighted by molar-refractivity contribution is -0.113. The van der Waals surface area contributed by atoms with Gasteiger partial charge in [-0.25, -0.2) is 4.39 Å². The summed E-state index contributed by atoms with van der Waals surface area (Å²) in [7, 11) is 0. The maximum Gasteiger partial charge on any atom is 0.255 e. The fraction of sp³-hybridized carbons (Fsp3) is 0.286. The fourth-order valence-corrected chi connectivity index (χ4v) is 3.61. The number of Topliss-reactive ketones (excluding diaryl/α,β-unsaturated/α-hetero) is 1. The number of nitrogens with one attached hydrogen (secondary N) is 1. The largest absolute Gasteiger partial charge is 0.339 e. The lowest BCUT2D eigenvalue weighted by atomic mass is 10.1. The van der Waals surface area contributed by atoms with Crippen molar-refractivity contribution in [2.45, 2.75) is 25.7 Å². The van der Waals surface area contributed by atoms with Crippen molar-refractivity contribution in [3.8, 4) is 0 Å². The maximum absolute atomic E-state index is 14.0. The van der Waals surface area contributed by atoms with Crippen molar-refractivity contribution in [2.24, 2.45) is 0 Å². The van der Waals surface area contributed by atoms with E-state index in [2.05, 4.69) is 5.32 Å². The molecule has 0 aromatic heterocycles. The van der Waals surface area contributed by atoms with Crippen molar-refractivity contribution in [1.82, 2.24) is 4.90 Å². The molecule has 8 heteroatoms. The van der Waals surface area contributed by atoms with E-state index in [1.165, 1.54) is 25.1 Å². The van der Waals surface area contributed by atoms with Gasteiger partial charge in [0.25, 0.3) is 5.91 Å². The molecule has 0 aliphatic heterocycles. The number of halogens is 2. The molecule has 1 N–H and O–H groups in total. The highest BCUT2D eigenvalue weighted by Gasteiger charge is 2.17. The second-order valence-electron chi connectivity index (χ2n) is 6.21. The Morgan fingerprint density at radius 3 is 2.34 bits per heavy atom. The number of hydrogen-bond donors (Lipinski definition) is 1. The zero-order valence-electron chi connectivity index (χ0n) is 16.4. The first-order chi connectivity index (χ1) is 13.8. The number of hydrogen-bond acceptors (Lipinski definition) is 4. The van der Waals surface area contributed by atoms with Crippen LogP contribution in [-0.2, 0) is 4.79 Å². The molecule has 0 aliphatic rings. The summed E-state index contributed by atoms with van der Waals surface area (Å²) in [4.78, 5) is 37.8. The molecule has 0 fully saturated rings. The predicted molar refractivity (Wildman–Crippen MR) is 114 cm³/mol. The molecule has 0 aliphatic carbocycles. The molecule has 0 radical (unpaired) electrons. The van der Waals surface area contributed by atoms with E-state index in [9.17, 15) is 18.8 Å². The summed E-state index contributed by atoms with van der Waals surface area (Å²) in [6.07, 6.45) is 0. The molecule has 5 nitrogen and oxygen atoms in total. The summed E-state index contributed by atoms with van der Waals surface area (Å²) < 4.78 is 14.0. The monoisotopic (exact) mass is 436 g/mol. The van der Waals surface area contributed by atoms with Crippen molar-refractivity contribution in [2.75, 3.05) is 24.2 Å². The highest BCUT2D eigenvalue weighted by Crippen LogP contribution is 2.25. The minimum absolute atomic E-state index is 0.0198. The van der Waals surface area contributed by atoms with E-state index in [1.54, 1.807) is 17.0 Å². The van der Waals surface area contributed by atoms with Crippen molar-refractivity contribution < 1.29 is 18.8 Å². The Balaban J connectivity index is 2.00. The van der Waals surface area contributed by atoms with Gasteiger partial charge in [-0.2, -0.15) is 0 Å². The van der Waals surface area contributed by atoms with Gasteiger partial charge >= 0.3 is 0 Å². The first-order valence-corrected chi connectivity index (χ1v) is 10.4. The van der Waals surface area contributed by atoms with Crippen LogP contribution in [0.5, 0.6) is 0 Å². The first kappa shape index (κ1) is 22.9. The number of amides is 2. The van der Waals surface area contributed by atoms with Gasteiger partial charge in [0.1, 0.15) is 5.82 Å². The standard InChI is InChI=1S/C21H22ClFN2O3S/c1-4-25(5-2)21(28)16-8-7-15(11-17(16)22)24-20(27)12-29-19-9-6-14(13(3)26)10-18(19)23/h6-11H,4-5,12H2,1-3H3,(H,24,27). The van der Waals surface area contributed by atoms with E-state index >= 15 is 0 Å². The molecule has 2 rings (SSSR count). The first-order valence-electron chi connectivity index (χ1n) is 9.08. The Bertz CT molecular complexity index is 932. The summed E-state index contributed by atoms with van der Waals surface area (Å²) >= 11 is 7.24. The average molecular weight is 437 g/mol. The number of ketones is 1. The number of carbonyl (C=O) groups excluding carboxylic acids is 3. The Kier molecular flexibility index (Phi) is 8.22. The van der Waals surface area contributed by atoms with Crippen LogP contribution in [0, 0.1) is 5.82 Å². The summed E-state index contributed by atoms with van der Waals surface area (Å²) in [6.45, 7) is 6.29. The van der Waals surface area contributed by atoms with Gasteiger partial charge in [-0.15, -0.1) is 11.8 Å². The molecule has 0 spiro atoms. The van der Waals surface area contributed by atoms with Gasteiger partial charge in [0, 0.05) is 29.2 Å². The Morgan fingerprint density at radius 2 is 1.79 bits per heavy atom. The number of nitrogens with zero attached hydrogens (tertiary/aromatic N) is 1. The van der Waals surface area contributed by atoms with Gasteiger partial charge in [-0.3, -0.25) is 14.4 Å². The van der Waals surface area contributed by atoms with Gasteiger partial charge in [0.15, 0.2) is 5.78 Å². The third-order valence-electron chi connectivity index (χ3n) is 4.23. The number of anilines is 1. The molecular formula is C21H22ClFN2O3S. The van der Waals surface area contributed by atoms with Crippen LogP contribution in [-0.4, -0.2) is 41.3 Å². The van der Waals surface area contributed by atoms with Crippen LogP contribution < -0.4 is 5.32 Å². The van der Waals surface area contributed by atoms with Crippen LogP contribution in [0.15, 0.2) is 41.3 Å². The molecular weight excluding hydrogens is 415 g/mol. The Labute approximate surface area is 178 Å². The van der Waals surface area contributed by atoms with Gasteiger partial charge in [0.05, 0.1) is 16.3 Å². The predicted octanol–water partition coefficient (Wildman–Crippen LogP) is 4.89. The van der Waals surface area contributed by atoms with Crippen molar-refractivity contribution >= 4 is 46.6 Å². The molecule has 29 heavy (non-hydrogen) atoms. The van der Waals surface area contributed by atoms with E-state index in [1.807, 2.05) is 13.8 Å². The number of rotatable bonds is 8. The molecule has 0 saturated heterocycles. The van der Waals surface area contributed by atoms with E-state index in [0.717, 1.165) is 17.8 Å². The molecule has 2 amide bonds. The van der Waals surface area contributed by atoms with Gasteiger partial charge in [-0.1, -0.05) is 17.7 Å². The molecule has 0 saturated carbocycles. The quantitative estimate of drug-likeness (QED) is 0.472. The molecule has 0 heterocycles. The number of carbonyl (C=O) groups is 3. The van der Waals surface area contributed by atoms with Crippen molar-refractivity contribution in [1.29, 1.82) is 0 Å². The third-order valence-corrected chi connectivity index (χ3v) is 5.59. The lowest BCUT2D eigenvalue weighted by Gasteiger charge is -2.19. The van der Waals surface area contributed by atoms with E-state index < -0.39 is 5.82 Å². The topological polar surface area (TPSA) is 66.5 Å². The minimum atomic E-state index is -0.544. The third kappa shape index (κ3) is 6.05. The number of benzene rings is 2. The minimum Gasteiger partial charge on any atom is -0.339 e. The van der Waals surface area contributed by atoms with Crippen LogP contribution in [0.3, 0.4) is 0 Å². The van der Waals surface area contributed by atoms with E-state index in [-0.39, 0.29) is 38.8 Å². The van der Waals surface area contributed by atoms with E-state index in [4.69, 9.17) is 11.6 Å². The van der Waals surface area contributed by atoms with Crippen LogP contribution >= 0.6 is 23.4 Å². The summed E-state index contributed by atoms with van der Waals surface area (Å²) in [5, 5.41) is 2.93. The van der Waals surface area contributed by atoms with Crippen molar-refractivity contribution in [3.05, 3.63) is 58.4 Å². The van der Waals surface area contributed by atoms with Crippen LogP contribution in [0.2, 0.25) is 5.02 Å².